The number of esters is 1. The van der Waals surface area contributed by atoms with Crippen molar-refractivity contribution >= 4 is 25.4 Å². The average molecular weight is 300 g/mol. The van der Waals surface area contributed by atoms with Gasteiger partial charge in [0.05, 0.1) is 7.11 Å². The first kappa shape index (κ1) is 15.5. The van der Waals surface area contributed by atoms with E-state index in [1.165, 1.54) is 7.11 Å². The molecule has 1 atom stereocenters. The van der Waals surface area contributed by atoms with Gasteiger partial charge >= 0.3 is 5.97 Å². The Bertz CT molecular complexity index is 517. The zero-order valence-corrected chi connectivity index (χ0v) is 13.5. The van der Waals surface area contributed by atoms with Crippen LogP contribution in [0.3, 0.4) is 0 Å². The van der Waals surface area contributed by atoms with E-state index >= 15 is 0 Å². The molecule has 1 unspecified atom stereocenters. The molecule has 0 aliphatic carbocycles. The number of benzene rings is 2. The van der Waals surface area contributed by atoms with E-state index in [1.807, 2.05) is 43.3 Å². The van der Waals surface area contributed by atoms with Crippen molar-refractivity contribution in [1.82, 2.24) is 0 Å². The summed E-state index contributed by atoms with van der Waals surface area (Å²) in [6, 6.07) is 20.2. The third kappa shape index (κ3) is 4.03. The molecule has 2 aromatic carbocycles. The van der Waals surface area contributed by atoms with Crippen LogP contribution in [-0.2, 0) is 14.0 Å². The number of carbonyl (C=O) groups excluding carboxylic acids is 1. The highest BCUT2D eigenvalue weighted by Crippen LogP contribution is 2.05. The molecule has 0 amide bonds. The van der Waals surface area contributed by atoms with Crippen LogP contribution in [0.25, 0.3) is 0 Å². The van der Waals surface area contributed by atoms with Gasteiger partial charge in [0.2, 0.25) is 9.04 Å². The fourth-order valence-corrected chi connectivity index (χ4v) is 4.69. The van der Waals surface area contributed by atoms with E-state index in [0.717, 1.165) is 10.4 Å². The van der Waals surface area contributed by atoms with Crippen LogP contribution < -0.4 is 10.4 Å². The van der Waals surface area contributed by atoms with E-state index in [0.29, 0.717) is 6.42 Å². The van der Waals surface area contributed by atoms with Crippen molar-refractivity contribution in [2.24, 2.45) is 0 Å². The van der Waals surface area contributed by atoms with Gasteiger partial charge in [-0.05, 0) is 16.8 Å². The van der Waals surface area contributed by atoms with E-state index in [-0.39, 0.29) is 5.97 Å². The summed E-state index contributed by atoms with van der Waals surface area (Å²) in [6.07, 6.45) is 0.0997. The molecule has 2 aromatic rings. The normalized spacial score (nSPS) is 12.1. The van der Waals surface area contributed by atoms with Gasteiger partial charge in [-0.15, -0.1) is 0 Å². The summed E-state index contributed by atoms with van der Waals surface area (Å²) in [4.78, 5) is 11.8. The maximum atomic E-state index is 11.8. The van der Waals surface area contributed by atoms with Crippen LogP contribution in [-0.4, -0.2) is 28.2 Å². The molecule has 0 aliphatic heterocycles. The zero-order chi connectivity index (χ0) is 15.1. The minimum Gasteiger partial charge on any atom is -0.467 e. The number of methoxy groups -OCH3 is 1. The Morgan fingerprint density at radius 3 is 1.86 bits per heavy atom. The minimum atomic E-state index is -1.90. The molecule has 0 spiro atoms. The molecule has 0 bridgehead atoms. The number of hydrogen-bond donors (Lipinski definition) is 0. The van der Waals surface area contributed by atoms with Gasteiger partial charge in [0.25, 0.3) is 0 Å². The van der Waals surface area contributed by atoms with Crippen LogP contribution in [0.4, 0.5) is 0 Å². The van der Waals surface area contributed by atoms with Crippen LogP contribution in [0.2, 0.25) is 0 Å². The highest BCUT2D eigenvalue weighted by atomic mass is 28.3. The highest BCUT2D eigenvalue weighted by Gasteiger charge is 2.26. The van der Waals surface area contributed by atoms with Crippen LogP contribution in [0, 0.1) is 0 Å². The summed E-state index contributed by atoms with van der Waals surface area (Å²) in [6.45, 7) is 1.93. The van der Waals surface area contributed by atoms with Gasteiger partial charge in [0.1, 0.15) is 6.10 Å². The van der Waals surface area contributed by atoms with E-state index < -0.39 is 15.1 Å². The molecule has 0 saturated heterocycles. The summed E-state index contributed by atoms with van der Waals surface area (Å²) in [5.41, 5.74) is 0. The first-order chi connectivity index (χ1) is 10.3. The maximum absolute atomic E-state index is 11.8. The Kier molecular flexibility index (Phi) is 5.72. The predicted molar refractivity (Wildman–Crippen MR) is 86.5 cm³/mol. The molecule has 4 heteroatoms. The number of hydrogen-bond acceptors (Lipinski definition) is 3. The lowest BCUT2D eigenvalue weighted by atomic mass is 10.3. The molecular formula is C17H20O3Si. The lowest BCUT2D eigenvalue weighted by molar-refractivity contribution is -0.149. The number of carbonyl (C=O) groups is 1. The van der Waals surface area contributed by atoms with Gasteiger partial charge in [0.15, 0.2) is 0 Å². The SMILES string of the molecule is CCC(O[SiH](c1ccccc1)c1ccccc1)C(=O)OC. The lowest BCUT2D eigenvalue weighted by Gasteiger charge is -2.22. The number of rotatable bonds is 6. The van der Waals surface area contributed by atoms with E-state index in [1.54, 1.807) is 0 Å². The average Bonchev–Trinajstić information content (AvgIpc) is 2.57. The molecule has 0 saturated carbocycles. The Morgan fingerprint density at radius 1 is 1.00 bits per heavy atom. The fourth-order valence-electron chi connectivity index (χ4n) is 2.22. The van der Waals surface area contributed by atoms with Gasteiger partial charge in [0, 0.05) is 0 Å². The topological polar surface area (TPSA) is 35.5 Å². The van der Waals surface area contributed by atoms with Crippen LogP contribution in [0.1, 0.15) is 13.3 Å². The Hall–Kier alpha value is -1.91. The van der Waals surface area contributed by atoms with Crippen LogP contribution in [0.5, 0.6) is 0 Å². The molecular weight excluding hydrogens is 280 g/mol. The van der Waals surface area contributed by atoms with Gasteiger partial charge in [-0.1, -0.05) is 67.6 Å². The van der Waals surface area contributed by atoms with Crippen LogP contribution in [0.15, 0.2) is 60.7 Å². The van der Waals surface area contributed by atoms with Crippen LogP contribution >= 0.6 is 0 Å². The van der Waals surface area contributed by atoms with E-state index in [9.17, 15) is 4.79 Å². The molecule has 0 N–H and O–H groups in total. The molecule has 0 radical (unpaired) electrons. The Balaban J connectivity index is 2.31. The predicted octanol–water partition coefficient (Wildman–Crippen LogP) is 1.49. The van der Waals surface area contributed by atoms with Gasteiger partial charge in [-0.25, -0.2) is 4.79 Å². The second-order valence-corrected chi connectivity index (χ2v) is 7.12. The quantitative estimate of drug-likeness (QED) is 0.599. The smallest absolute Gasteiger partial charge is 0.333 e. The molecule has 3 nitrogen and oxygen atoms in total. The third-order valence-corrected chi connectivity index (χ3v) is 5.92. The fraction of sp³-hybridized carbons (Fsp3) is 0.235. The summed E-state index contributed by atoms with van der Waals surface area (Å²) >= 11 is 0. The molecule has 2 rings (SSSR count). The summed E-state index contributed by atoms with van der Waals surface area (Å²) in [7, 11) is -0.498. The van der Waals surface area contributed by atoms with Crippen molar-refractivity contribution in [1.29, 1.82) is 0 Å². The second kappa shape index (κ2) is 7.76. The molecule has 110 valence electrons. The van der Waals surface area contributed by atoms with Crippen molar-refractivity contribution in [2.45, 2.75) is 19.4 Å². The standard InChI is InChI=1S/C17H20O3Si/c1-3-16(17(18)19-2)20-21(14-10-6-4-7-11-14)15-12-8-5-9-13-15/h4-13,16,21H,3H2,1-2H3. The van der Waals surface area contributed by atoms with Crippen molar-refractivity contribution in [2.75, 3.05) is 7.11 Å². The van der Waals surface area contributed by atoms with Crippen molar-refractivity contribution in [3.8, 4) is 0 Å². The molecule has 0 heterocycles. The largest absolute Gasteiger partial charge is 0.467 e. The van der Waals surface area contributed by atoms with Gasteiger partial charge < -0.3 is 9.16 Å². The highest BCUT2D eigenvalue weighted by molar-refractivity contribution is 6.80. The summed E-state index contributed by atoms with van der Waals surface area (Å²) in [5, 5.41) is 2.32. The molecule has 21 heavy (non-hydrogen) atoms. The van der Waals surface area contributed by atoms with E-state index in [2.05, 4.69) is 24.3 Å². The first-order valence-corrected chi connectivity index (χ1v) is 8.72. The van der Waals surface area contributed by atoms with E-state index in [4.69, 9.17) is 9.16 Å². The van der Waals surface area contributed by atoms with Crippen molar-refractivity contribution in [3.63, 3.8) is 0 Å². The van der Waals surface area contributed by atoms with Gasteiger partial charge in [-0.3, -0.25) is 0 Å². The third-order valence-electron chi connectivity index (χ3n) is 3.34. The zero-order valence-electron chi connectivity index (χ0n) is 12.4. The summed E-state index contributed by atoms with van der Waals surface area (Å²) in [5.74, 6) is -0.304. The van der Waals surface area contributed by atoms with Gasteiger partial charge in [-0.2, -0.15) is 0 Å². The summed E-state index contributed by atoms with van der Waals surface area (Å²) < 4.78 is 11.0. The number of ether oxygens (including phenoxy) is 1. The van der Waals surface area contributed by atoms with Crippen molar-refractivity contribution in [3.05, 3.63) is 60.7 Å². The Labute approximate surface area is 127 Å². The molecule has 0 aliphatic rings. The minimum absolute atomic E-state index is 0.304. The second-order valence-electron chi connectivity index (χ2n) is 4.76. The molecule has 0 fully saturated rings. The lowest BCUT2D eigenvalue weighted by Crippen LogP contribution is -2.48. The monoisotopic (exact) mass is 300 g/mol. The first-order valence-electron chi connectivity index (χ1n) is 7.09. The molecule has 0 aromatic heterocycles. The maximum Gasteiger partial charge on any atom is 0.333 e. The Morgan fingerprint density at radius 2 is 1.48 bits per heavy atom. The van der Waals surface area contributed by atoms with Crippen molar-refractivity contribution < 1.29 is 14.0 Å².